The van der Waals surface area contributed by atoms with Crippen LogP contribution in [0.3, 0.4) is 0 Å². The number of rotatable bonds is 9. The minimum Gasteiger partial charge on any atom is -0.463 e. The second kappa shape index (κ2) is 16.0. The average Bonchev–Trinajstić information content (AvgIpc) is 3.47. The number of carbonyl (C=O) groups is 3. The van der Waals surface area contributed by atoms with Crippen molar-refractivity contribution in [2.24, 2.45) is 17.0 Å². The topological polar surface area (TPSA) is 272 Å². The lowest BCUT2D eigenvalue weighted by molar-refractivity contribution is -0.157. The van der Waals surface area contributed by atoms with Crippen molar-refractivity contribution < 1.29 is 64.2 Å². The Bertz CT molecular complexity index is 1350. The molecule has 0 spiro atoms. The molecule has 4 rings (SSSR count). The van der Waals surface area contributed by atoms with Crippen LogP contribution < -0.4 is 11.2 Å². The van der Waals surface area contributed by atoms with Crippen molar-refractivity contribution in [2.45, 2.75) is 83.2 Å². The monoisotopic (exact) mass is 657 g/mol. The third-order valence-corrected chi connectivity index (χ3v) is 7.07. The van der Waals surface area contributed by atoms with E-state index in [1.165, 1.54) is 24.5 Å². The van der Waals surface area contributed by atoms with Crippen LogP contribution in [0.5, 0.6) is 0 Å². The molecule has 3 aliphatic heterocycles. The number of hydrogen-bond donors (Lipinski definition) is 7. The van der Waals surface area contributed by atoms with Crippen LogP contribution in [0, 0.1) is 11.8 Å². The molecule has 0 aliphatic carbocycles. The largest absolute Gasteiger partial charge is 0.463 e. The first-order chi connectivity index (χ1) is 21.7. The fourth-order valence-corrected chi connectivity index (χ4v) is 4.37. The number of carbonyl (C=O) groups excluding carboxylic acids is 3. The maximum absolute atomic E-state index is 12.0. The fraction of sp³-hybridized carbons (Fsp3) is 0.630. The number of anilines is 1. The maximum atomic E-state index is 12.0. The smallest absolute Gasteiger partial charge is 0.351 e. The maximum Gasteiger partial charge on any atom is 0.351 e. The molecule has 0 saturated carbocycles. The molecule has 2 saturated heterocycles. The molecule has 256 valence electrons. The number of amides is 1. The zero-order valence-electron chi connectivity index (χ0n) is 25.4. The summed E-state index contributed by atoms with van der Waals surface area (Å²) in [6, 6.07) is 1.29. The van der Waals surface area contributed by atoms with E-state index in [0.29, 0.717) is 0 Å². The molecule has 1 aromatic rings. The highest BCUT2D eigenvalue weighted by atomic mass is 16.6. The summed E-state index contributed by atoms with van der Waals surface area (Å²) in [7, 11) is 0. The lowest BCUT2D eigenvalue weighted by atomic mass is 10.1. The van der Waals surface area contributed by atoms with Crippen LogP contribution >= 0.6 is 0 Å². The van der Waals surface area contributed by atoms with Crippen LogP contribution in [0.15, 0.2) is 34.5 Å². The molecule has 3 aliphatic rings. The van der Waals surface area contributed by atoms with Crippen molar-refractivity contribution in [1.29, 1.82) is 0 Å². The zero-order valence-corrected chi connectivity index (χ0v) is 25.4. The molecule has 0 aromatic carbocycles. The summed E-state index contributed by atoms with van der Waals surface area (Å²) < 4.78 is 21.8. The Labute approximate surface area is 262 Å². The molecule has 2 fully saturated rings. The van der Waals surface area contributed by atoms with E-state index in [4.69, 9.17) is 29.4 Å². The van der Waals surface area contributed by atoms with Crippen LogP contribution in [0.1, 0.15) is 40.3 Å². The SMILES string of the molecule is CC(C)C(=O)OC[C@H]1O[C@@H](N2C=C/C(=N/O)CC2=O)[C@H](O)[C@@H]1O.CC(C)C(=O)OC[C@H]1O[C@@H](n2ccc(NO)nc2=O)[C@H](O)[C@@H]1O. The Morgan fingerprint density at radius 2 is 1.48 bits per heavy atom. The van der Waals surface area contributed by atoms with Gasteiger partial charge in [-0.3, -0.25) is 34.5 Å². The average molecular weight is 658 g/mol. The van der Waals surface area contributed by atoms with Gasteiger partial charge in [0.15, 0.2) is 18.3 Å². The summed E-state index contributed by atoms with van der Waals surface area (Å²) in [5.41, 5.74) is 1.11. The molecule has 1 aromatic heterocycles. The molecule has 7 N–H and O–H groups in total. The predicted molar refractivity (Wildman–Crippen MR) is 152 cm³/mol. The van der Waals surface area contributed by atoms with Gasteiger partial charge in [0.05, 0.1) is 24.0 Å². The molecule has 0 unspecified atom stereocenters. The normalized spacial score (nSPS) is 30.0. The van der Waals surface area contributed by atoms with Crippen LogP contribution in [0.25, 0.3) is 0 Å². The second-order valence-electron chi connectivity index (χ2n) is 11.2. The van der Waals surface area contributed by atoms with Gasteiger partial charge in [0, 0.05) is 12.4 Å². The van der Waals surface area contributed by atoms with Gasteiger partial charge in [0.2, 0.25) is 5.91 Å². The highest BCUT2D eigenvalue weighted by molar-refractivity contribution is 6.09. The van der Waals surface area contributed by atoms with Gasteiger partial charge in [-0.25, -0.2) is 4.79 Å². The Morgan fingerprint density at radius 1 is 0.957 bits per heavy atom. The van der Waals surface area contributed by atoms with Crippen LogP contribution in [0.4, 0.5) is 5.82 Å². The van der Waals surface area contributed by atoms with Gasteiger partial charge in [-0.2, -0.15) is 4.98 Å². The van der Waals surface area contributed by atoms with Crippen molar-refractivity contribution in [1.82, 2.24) is 14.5 Å². The number of oxime groups is 1. The summed E-state index contributed by atoms with van der Waals surface area (Å²) in [5, 5.41) is 60.4. The van der Waals surface area contributed by atoms with Gasteiger partial charge in [0.1, 0.15) is 49.8 Å². The minimum absolute atomic E-state index is 0.0679. The third kappa shape index (κ3) is 8.63. The van der Waals surface area contributed by atoms with Gasteiger partial charge < -0.3 is 44.6 Å². The number of esters is 2. The number of aromatic nitrogens is 2. The van der Waals surface area contributed by atoms with Crippen molar-refractivity contribution in [3.63, 3.8) is 0 Å². The zero-order chi connectivity index (χ0) is 34.3. The van der Waals surface area contributed by atoms with Crippen LogP contribution in [0.2, 0.25) is 0 Å². The van der Waals surface area contributed by atoms with Gasteiger partial charge in [-0.1, -0.05) is 32.9 Å². The van der Waals surface area contributed by atoms with Crippen LogP contribution in [-0.4, -0.2) is 125 Å². The number of hydrogen-bond acceptors (Lipinski definition) is 17. The number of aliphatic hydroxyl groups excluding tert-OH is 4. The van der Waals surface area contributed by atoms with Crippen molar-refractivity contribution in [3.05, 3.63) is 35.0 Å². The summed E-state index contributed by atoms with van der Waals surface area (Å²) in [5.74, 6) is -2.08. The fourth-order valence-electron chi connectivity index (χ4n) is 4.37. The van der Waals surface area contributed by atoms with Gasteiger partial charge >= 0.3 is 17.6 Å². The number of allylic oxidation sites excluding steroid dienone is 1. The third-order valence-electron chi connectivity index (χ3n) is 7.07. The van der Waals surface area contributed by atoms with Crippen molar-refractivity contribution in [2.75, 3.05) is 18.7 Å². The van der Waals surface area contributed by atoms with E-state index in [1.807, 2.05) is 0 Å². The Kier molecular flexibility index (Phi) is 12.7. The Hall–Kier alpha value is -3.98. The molecule has 19 heteroatoms. The lowest BCUT2D eigenvalue weighted by Crippen LogP contribution is -2.46. The quantitative estimate of drug-likeness (QED) is 0.0865. The van der Waals surface area contributed by atoms with Gasteiger partial charge in [0.25, 0.3) is 0 Å². The number of aliphatic hydroxyl groups is 4. The minimum atomic E-state index is -1.40. The molecular weight excluding hydrogens is 618 g/mol. The summed E-state index contributed by atoms with van der Waals surface area (Å²) >= 11 is 0. The van der Waals surface area contributed by atoms with E-state index in [1.54, 1.807) is 33.2 Å². The Balaban J connectivity index is 0.000000250. The van der Waals surface area contributed by atoms with Crippen molar-refractivity contribution in [3.8, 4) is 0 Å². The van der Waals surface area contributed by atoms with E-state index >= 15 is 0 Å². The first-order valence-electron chi connectivity index (χ1n) is 14.3. The molecule has 46 heavy (non-hydrogen) atoms. The highest BCUT2D eigenvalue weighted by Gasteiger charge is 2.48. The molecule has 0 bridgehead atoms. The van der Waals surface area contributed by atoms with Crippen molar-refractivity contribution >= 4 is 29.4 Å². The molecular formula is C27H39N5O14. The first-order valence-corrected chi connectivity index (χ1v) is 14.3. The Morgan fingerprint density at radius 3 is 1.93 bits per heavy atom. The summed E-state index contributed by atoms with van der Waals surface area (Å²) in [6.07, 6.45) is -5.76. The van der Waals surface area contributed by atoms with E-state index in [2.05, 4.69) is 10.1 Å². The number of ether oxygens (including phenoxy) is 4. The van der Waals surface area contributed by atoms with Gasteiger partial charge in [-0.05, 0) is 12.1 Å². The second-order valence-corrected chi connectivity index (χ2v) is 11.2. The van der Waals surface area contributed by atoms with Crippen LogP contribution in [-0.2, 0) is 33.3 Å². The first kappa shape index (κ1) is 36.5. The molecule has 19 nitrogen and oxygen atoms in total. The number of nitrogens with zero attached hydrogens (tertiary/aromatic N) is 4. The van der Waals surface area contributed by atoms with E-state index < -0.39 is 72.6 Å². The lowest BCUT2D eigenvalue weighted by Gasteiger charge is -2.29. The number of nitrogens with one attached hydrogen (secondary N) is 1. The summed E-state index contributed by atoms with van der Waals surface area (Å²) in [4.78, 5) is 51.4. The van der Waals surface area contributed by atoms with E-state index in [-0.39, 0.29) is 43.0 Å². The van der Waals surface area contributed by atoms with E-state index in [0.717, 1.165) is 9.47 Å². The molecule has 0 radical (unpaired) electrons. The van der Waals surface area contributed by atoms with Gasteiger partial charge in [-0.15, -0.1) is 0 Å². The predicted octanol–water partition coefficient (Wildman–Crippen LogP) is -1.93. The summed E-state index contributed by atoms with van der Waals surface area (Å²) in [6.45, 7) is 6.19. The standard InChI is InChI=1S/C14H20N2O7.C13H19N3O7/c1-7(2)14(20)22-6-9-11(18)12(19)13(23-9)16-4-3-8(15-21)5-10(16)17;1-6(2)12(19)22-5-7-9(17)10(18)11(23-7)16-4-3-8(15-21)14-13(16)20/h3-4,7,9,11-13,18-19,21H,5-6H2,1-2H3;3-4,6-7,9-11,17-18,21H,5H2,1-2H3,(H,14,15,20)/b15-8-;/t9-,11-,12-,13-;7-,9-,10-,11-/m11/s1. The molecule has 8 atom stereocenters. The highest BCUT2D eigenvalue weighted by Crippen LogP contribution is 2.29. The van der Waals surface area contributed by atoms with E-state index in [9.17, 15) is 39.6 Å². The molecule has 4 heterocycles. The molecule has 1 amide bonds.